The van der Waals surface area contributed by atoms with E-state index in [0.29, 0.717) is 12.2 Å². The normalized spacial score (nSPS) is 14.5. The first-order valence-electron chi connectivity index (χ1n) is 11.0. The number of aromatic nitrogens is 1. The van der Waals surface area contributed by atoms with Crippen molar-refractivity contribution in [2.75, 3.05) is 44.2 Å². The second kappa shape index (κ2) is 10.3. The van der Waals surface area contributed by atoms with Crippen LogP contribution in [0.5, 0.6) is 0 Å². The lowest BCUT2D eigenvalue weighted by molar-refractivity contribution is 0.0915. The number of aryl methyl sites for hydroxylation is 1. The van der Waals surface area contributed by atoms with Crippen LogP contribution in [0.15, 0.2) is 65.2 Å². The second-order valence-corrected chi connectivity index (χ2v) is 8.07. The third-order valence-electron chi connectivity index (χ3n) is 5.73. The molecular formula is C25H30N4O2. The van der Waals surface area contributed by atoms with Crippen LogP contribution in [0.2, 0.25) is 0 Å². The molecule has 6 nitrogen and oxygen atoms in total. The number of amides is 1. The maximum Gasteiger partial charge on any atom is 0.289 e. The number of piperazine rings is 1. The quantitative estimate of drug-likeness (QED) is 0.561. The van der Waals surface area contributed by atoms with Crippen molar-refractivity contribution in [2.24, 2.45) is 0 Å². The highest BCUT2D eigenvalue weighted by molar-refractivity contribution is 5.92. The van der Waals surface area contributed by atoms with Crippen LogP contribution in [0.3, 0.4) is 0 Å². The van der Waals surface area contributed by atoms with E-state index in [0.717, 1.165) is 51.1 Å². The van der Waals surface area contributed by atoms with Crippen LogP contribution in [0, 0.1) is 6.92 Å². The van der Waals surface area contributed by atoms with Gasteiger partial charge in [-0.1, -0.05) is 47.6 Å². The molecule has 1 aliphatic rings. The summed E-state index contributed by atoms with van der Waals surface area (Å²) < 4.78 is 5.21. The first-order chi connectivity index (χ1) is 15.2. The number of benzene rings is 2. The van der Waals surface area contributed by atoms with Crippen molar-refractivity contribution in [3.63, 3.8) is 0 Å². The molecule has 0 radical (unpaired) electrons. The largest absolute Gasteiger partial charge is 0.369 e. The Morgan fingerprint density at radius 1 is 1.00 bits per heavy atom. The van der Waals surface area contributed by atoms with E-state index in [1.807, 2.05) is 30.3 Å². The zero-order valence-electron chi connectivity index (χ0n) is 18.1. The molecule has 0 unspecified atom stereocenters. The van der Waals surface area contributed by atoms with E-state index in [4.69, 9.17) is 4.52 Å². The van der Waals surface area contributed by atoms with E-state index < -0.39 is 0 Å². The lowest BCUT2D eigenvalue weighted by Gasteiger charge is -2.36. The van der Waals surface area contributed by atoms with Crippen LogP contribution in [0.4, 0.5) is 5.69 Å². The molecule has 0 aliphatic carbocycles. The Bertz CT molecular complexity index is 978. The van der Waals surface area contributed by atoms with Crippen LogP contribution < -0.4 is 10.2 Å². The van der Waals surface area contributed by atoms with Gasteiger partial charge in [0.1, 0.15) is 5.69 Å². The molecule has 0 spiro atoms. The zero-order valence-corrected chi connectivity index (χ0v) is 18.1. The van der Waals surface area contributed by atoms with Crippen LogP contribution in [0.1, 0.15) is 29.0 Å². The van der Waals surface area contributed by atoms with Gasteiger partial charge in [0.05, 0.1) is 0 Å². The molecule has 2 aromatic carbocycles. The minimum Gasteiger partial charge on any atom is -0.369 e. The Morgan fingerprint density at radius 3 is 2.58 bits per heavy atom. The summed E-state index contributed by atoms with van der Waals surface area (Å²) in [6, 6.07) is 20.1. The molecule has 0 saturated carbocycles. The minimum absolute atomic E-state index is 0.207. The molecule has 4 rings (SSSR count). The van der Waals surface area contributed by atoms with E-state index >= 15 is 0 Å². The zero-order chi connectivity index (χ0) is 21.5. The minimum atomic E-state index is -0.207. The Hall–Kier alpha value is -3.12. The third kappa shape index (κ3) is 5.73. The number of hydrogen-bond donors (Lipinski definition) is 1. The number of anilines is 1. The van der Waals surface area contributed by atoms with Gasteiger partial charge in [0, 0.05) is 50.0 Å². The molecule has 0 bridgehead atoms. The summed E-state index contributed by atoms with van der Waals surface area (Å²) in [4.78, 5) is 17.3. The highest BCUT2D eigenvalue weighted by atomic mass is 16.5. The molecule has 1 aliphatic heterocycles. The van der Waals surface area contributed by atoms with E-state index in [1.165, 1.54) is 11.3 Å². The van der Waals surface area contributed by atoms with Crippen LogP contribution >= 0.6 is 0 Å². The van der Waals surface area contributed by atoms with Gasteiger partial charge in [-0.15, -0.1) is 0 Å². The van der Waals surface area contributed by atoms with Gasteiger partial charge in [-0.05, 0) is 44.0 Å². The number of unbranched alkanes of at least 4 members (excludes halogenated alkanes) is 1. The van der Waals surface area contributed by atoms with Crippen LogP contribution in [-0.2, 0) is 0 Å². The highest BCUT2D eigenvalue weighted by Crippen LogP contribution is 2.19. The predicted octanol–water partition coefficient (Wildman–Crippen LogP) is 3.98. The molecule has 6 heteroatoms. The number of carbonyl (C=O) groups excluding carboxylic acids is 1. The summed E-state index contributed by atoms with van der Waals surface area (Å²) in [5.74, 6) is 0.0487. The van der Waals surface area contributed by atoms with Gasteiger partial charge in [-0.2, -0.15) is 0 Å². The van der Waals surface area contributed by atoms with Gasteiger partial charge in [-0.25, -0.2) is 0 Å². The van der Waals surface area contributed by atoms with Crippen molar-refractivity contribution < 1.29 is 9.32 Å². The van der Waals surface area contributed by atoms with E-state index in [9.17, 15) is 4.79 Å². The van der Waals surface area contributed by atoms with Gasteiger partial charge in [-0.3, -0.25) is 9.69 Å². The van der Waals surface area contributed by atoms with Gasteiger partial charge in [0.15, 0.2) is 0 Å². The monoisotopic (exact) mass is 418 g/mol. The molecule has 1 amide bonds. The van der Waals surface area contributed by atoms with Crippen molar-refractivity contribution in [3.05, 3.63) is 72.0 Å². The summed E-state index contributed by atoms with van der Waals surface area (Å²) >= 11 is 0. The fourth-order valence-corrected chi connectivity index (χ4v) is 3.93. The lowest BCUT2D eigenvalue weighted by atomic mass is 10.1. The molecule has 1 N–H and O–H groups in total. The first kappa shape index (κ1) is 21.1. The lowest BCUT2D eigenvalue weighted by Crippen LogP contribution is -2.46. The van der Waals surface area contributed by atoms with Gasteiger partial charge in [0.2, 0.25) is 5.76 Å². The van der Waals surface area contributed by atoms with Gasteiger partial charge in [0.25, 0.3) is 5.91 Å². The maximum absolute atomic E-state index is 12.3. The smallest absolute Gasteiger partial charge is 0.289 e. The fraction of sp³-hybridized carbons (Fsp3) is 0.360. The van der Waals surface area contributed by atoms with Gasteiger partial charge >= 0.3 is 0 Å². The Labute approximate surface area is 183 Å². The molecular weight excluding hydrogens is 388 g/mol. The number of hydrogen-bond acceptors (Lipinski definition) is 5. The molecule has 2 heterocycles. The molecule has 1 aromatic heterocycles. The molecule has 3 aromatic rings. The van der Waals surface area contributed by atoms with Gasteiger partial charge < -0.3 is 14.7 Å². The van der Waals surface area contributed by atoms with Crippen LogP contribution in [-0.4, -0.2) is 55.2 Å². The number of carbonyl (C=O) groups is 1. The summed E-state index contributed by atoms with van der Waals surface area (Å²) in [6.45, 7) is 8.15. The number of rotatable bonds is 8. The van der Waals surface area contributed by atoms with E-state index in [2.05, 4.69) is 51.5 Å². The average molecular weight is 419 g/mol. The Morgan fingerprint density at radius 2 is 1.81 bits per heavy atom. The Balaban J connectivity index is 1.13. The third-order valence-corrected chi connectivity index (χ3v) is 5.73. The maximum atomic E-state index is 12.3. The molecule has 162 valence electrons. The fourth-order valence-electron chi connectivity index (χ4n) is 3.93. The predicted molar refractivity (Wildman–Crippen MR) is 123 cm³/mol. The van der Waals surface area contributed by atoms with Crippen molar-refractivity contribution in [1.82, 2.24) is 15.4 Å². The number of nitrogens with zero attached hydrogens (tertiary/aromatic N) is 3. The highest BCUT2D eigenvalue weighted by Gasteiger charge is 2.17. The Kier molecular flexibility index (Phi) is 6.99. The summed E-state index contributed by atoms with van der Waals surface area (Å²) in [6.07, 6.45) is 2.01. The van der Waals surface area contributed by atoms with Crippen molar-refractivity contribution in [3.8, 4) is 11.3 Å². The molecule has 31 heavy (non-hydrogen) atoms. The van der Waals surface area contributed by atoms with E-state index in [1.54, 1.807) is 6.07 Å². The number of nitrogens with one attached hydrogen (secondary N) is 1. The van der Waals surface area contributed by atoms with Crippen molar-refractivity contribution >= 4 is 11.6 Å². The summed E-state index contributed by atoms with van der Waals surface area (Å²) in [5, 5.41) is 6.94. The van der Waals surface area contributed by atoms with E-state index in [-0.39, 0.29) is 11.7 Å². The topological polar surface area (TPSA) is 61.6 Å². The molecule has 0 atom stereocenters. The van der Waals surface area contributed by atoms with Crippen LogP contribution in [0.25, 0.3) is 11.3 Å². The second-order valence-electron chi connectivity index (χ2n) is 8.07. The average Bonchev–Trinajstić information content (AvgIpc) is 3.30. The summed E-state index contributed by atoms with van der Waals surface area (Å²) in [7, 11) is 0. The van der Waals surface area contributed by atoms with Crippen molar-refractivity contribution in [1.29, 1.82) is 0 Å². The SMILES string of the molecule is Cc1cccc(N2CCN(CCCCNC(=O)c3cc(-c4ccccc4)no3)CC2)c1. The molecule has 1 saturated heterocycles. The summed E-state index contributed by atoms with van der Waals surface area (Å²) in [5.41, 5.74) is 4.25. The standard InChI is InChI=1S/C25H30N4O2/c1-20-8-7-11-22(18-20)29-16-14-28(15-17-29)13-6-5-12-26-25(30)24-19-23(27-31-24)21-9-3-2-4-10-21/h2-4,7-11,18-19H,5-6,12-17H2,1H3,(H,26,30). The van der Waals surface area contributed by atoms with Crippen molar-refractivity contribution in [2.45, 2.75) is 19.8 Å². The first-order valence-corrected chi connectivity index (χ1v) is 11.0. The molecule has 1 fully saturated rings.